The molecule has 0 aliphatic heterocycles. The van der Waals surface area contributed by atoms with Gasteiger partial charge in [-0.2, -0.15) is 5.10 Å². The van der Waals surface area contributed by atoms with Crippen LogP contribution < -0.4 is 5.43 Å². The molecule has 3 aromatic rings. The maximum atomic E-state index is 12.2. The van der Waals surface area contributed by atoms with Crippen molar-refractivity contribution in [1.29, 1.82) is 0 Å². The Bertz CT molecular complexity index is 948. The van der Waals surface area contributed by atoms with Gasteiger partial charge in [0, 0.05) is 10.0 Å². The summed E-state index contributed by atoms with van der Waals surface area (Å²) in [5.74, 6) is -0.231. The van der Waals surface area contributed by atoms with Gasteiger partial charge in [-0.15, -0.1) is 0 Å². The van der Waals surface area contributed by atoms with Crippen molar-refractivity contribution in [3.05, 3.63) is 94.0 Å². The van der Waals surface area contributed by atoms with Gasteiger partial charge >= 0.3 is 0 Å². The smallest absolute Gasteiger partial charge is 0.267 e. The van der Waals surface area contributed by atoms with Crippen LogP contribution in [0.25, 0.3) is 11.1 Å². The molecule has 0 atom stereocenters. The van der Waals surface area contributed by atoms with E-state index in [0.717, 1.165) is 26.9 Å². The zero-order valence-corrected chi connectivity index (χ0v) is 16.2. The Labute approximate surface area is 161 Å². The molecule has 0 aliphatic rings. The highest BCUT2D eigenvalue weighted by atomic mass is 79.9. The molecule has 3 aromatic carbocycles. The highest BCUT2D eigenvalue weighted by molar-refractivity contribution is 9.10. The summed E-state index contributed by atoms with van der Waals surface area (Å²) < 4.78 is 0.905. The van der Waals surface area contributed by atoms with Crippen LogP contribution in [0, 0.1) is 6.92 Å². The van der Waals surface area contributed by atoms with Gasteiger partial charge in [0.1, 0.15) is 0 Å². The monoisotopic (exact) mass is 406 g/mol. The van der Waals surface area contributed by atoms with Crippen molar-refractivity contribution in [2.45, 2.75) is 13.8 Å². The summed E-state index contributed by atoms with van der Waals surface area (Å²) in [5, 5.41) is 4.23. The summed E-state index contributed by atoms with van der Waals surface area (Å²) >= 11 is 3.44. The SMILES string of the molecule is CC(=NNC(=O)c1ccc(C)c(Br)c1)c1ccc(-c2ccccc2)cc1. The van der Waals surface area contributed by atoms with E-state index in [-0.39, 0.29) is 5.91 Å². The van der Waals surface area contributed by atoms with Crippen LogP contribution in [-0.4, -0.2) is 11.6 Å². The Hall–Kier alpha value is -2.72. The molecule has 0 aromatic heterocycles. The van der Waals surface area contributed by atoms with E-state index in [1.807, 2.05) is 50.2 Å². The van der Waals surface area contributed by atoms with E-state index in [9.17, 15) is 4.79 Å². The normalized spacial score (nSPS) is 11.3. The molecule has 0 bridgehead atoms. The highest BCUT2D eigenvalue weighted by Crippen LogP contribution is 2.20. The van der Waals surface area contributed by atoms with E-state index in [1.165, 1.54) is 5.56 Å². The number of hydrazone groups is 1. The van der Waals surface area contributed by atoms with Crippen LogP contribution in [0.4, 0.5) is 0 Å². The van der Waals surface area contributed by atoms with Gasteiger partial charge in [-0.25, -0.2) is 5.43 Å². The Morgan fingerprint density at radius 1 is 0.885 bits per heavy atom. The molecule has 1 N–H and O–H groups in total. The lowest BCUT2D eigenvalue weighted by atomic mass is 10.0. The summed E-state index contributed by atoms with van der Waals surface area (Å²) in [6, 6.07) is 23.8. The summed E-state index contributed by atoms with van der Waals surface area (Å²) in [5.41, 5.74) is 8.31. The Morgan fingerprint density at radius 2 is 1.50 bits per heavy atom. The Morgan fingerprint density at radius 3 is 2.15 bits per heavy atom. The third kappa shape index (κ3) is 4.27. The number of hydrogen-bond donors (Lipinski definition) is 1. The second kappa shape index (κ2) is 8.11. The van der Waals surface area contributed by atoms with E-state index in [4.69, 9.17) is 0 Å². The van der Waals surface area contributed by atoms with Crippen LogP contribution in [0.5, 0.6) is 0 Å². The molecule has 0 saturated carbocycles. The summed E-state index contributed by atoms with van der Waals surface area (Å²) in [7, 11) is 0. The first kappa shape index (κ1) is 18.1. The van der Waals surface area contributed by atoms with Gasteiger partial charge in [-0.1, -0.05) is 76.6 Å². The van der Waals surface area contributed by atoms with E-state index in [2.05, 4.69) is 50.7 Å². The first-order valence-corrected chi connectivity index (χ1v) is 9.10. The van der Waals surface area contributed by atoms with Gasteiger partial charge < -0.3 is 0 Å². The van der Waals surface area contributed by atoms with E-state index < -0.39 is 0 Å². The molecular weight excluding hydrogens is 388 g/mol. The number of benzene rings is 3. The van der Waals surface area contributed by atoms with E-state index >= 15 is 0 Å². The van der Waals surface area contributed by atoms with Crippen LogP contribution in [0.3, 0.4) is 0 Å². The number of rotatable bonds is 4. The number of hydrogen-bond acceptors (Lipinski definition) is 2. The molecule has 4 heteroatoms. The van der Waals surface area contributed by atoms with Gasteiger partial charge in [-0.3, -0.25) is 4.79 Å². The zero-order valence-electron chi connectivity index (χ0n) is 14.7. The van der Waals surface area contributed by atoms with Crippen molar-refractivity contribution in [3.63, 3.8) is 0 Å². The Kier molecular flexibility index (Phi) is 5.64. The number of halogens is 1. The summed E-state index contributed by atoms with van der Waals surface area (Å²) in [6.07, 6.45) is 0. The molecule has 0 spiro atoms. The van der Waals surface area contributed by atoms with Gasteiger partial charge in [-0.05, 0) is 48.2 Å². The molecule has 0 heterocycles. The molecule has 0 unspecified atom stereocenters. The minimum atomic E-state index is -0.231. The third-order valence-corrected chi connectivity index (χ3v) is 5.02. The summed E-state index contributed by atoms with van der Waals surface area (Å²) in [4.78, 5) is 12.2. The average molecular weight is 407 g/mol. The number of nitrogens with one attached hydrogen (secondary N) is 1. The lowest BCUT2D eigenvalue weighted by Crippen LogP contribution is -2.19. The lowest BCUT2D eigenvalue weighted by molar-refractivity contribution is 0.0955. The Balaban J connectivity index is 1.71. The minimum Gasteiger partial charge on any atom is -0.267 e. The van der Waals surface area contributed by atoms with Gasteiger partial charge in [0.05, 0.1) is 5.71 Å². The van der Waals surface area contributed by atoms with Crippen molar-refractivity contribution in [2.24, 2.45) is 5.10 Å². The van der Waals surface area contributed by atoms with Crippen LogP contribution in [0.2, 0.25) is 0 Å². The molecule has 3 rings (SSSR count). The van der Waals surface area contributed by atoms with Crippen LogP contribution in [0.15, 0.2) is 82.4 Å². The topological polar surface area (TPSA) is 41.5 Å². The second-order valence-corrected chi connectivity index (χ2v) is 6.90. The predicted molar refractivity (Wildman–Crippen MR) is 110 cm³/mol. The van der Waals surface area contributed by atoms with Crippen LogP contribution >= 0.6 is 15.9 Å². The van der Waals surface area contributed by atoms with Crippen molar-refractivity contribution in [2.75, 3.05) is 0 Å². The van der Waals surface area contributed by atoms with Crippen molar-refractivity contribution >= 4 is 27.5 Å². The third-order valence-electron chi connectivity index (χ3n) is 4.17. The van der Waals surface area contributed by atoms with Gasteiger partial charge in [0.25, 0.3) is 5.91 Å². The maximum absolute atomic E-state index is 12.2. The molecule has 0 radical (unpaired) electrons. The molecule has 0 fully saturated rings. The summed E-state index contributed by atoms with van der Waals surface area (Å²) in [6.45, 7) is 3.86. The van der Waals surface area contributed by atoms with Crippen LogP contribution in [0.1, 0.15) is 28.4 Å². The van der Waals surface area contributed by atoms with E-state index in [1.54, 1.807) is 12.1 Å². The first-order valence-electron chi connectivity index (χ1n) is 8.31. The van der Waals surface area contributed by atoms with Crippen molar-refractivity contribution < 1.29 is 4.79 Å². The van der Waals surface area contributed by atoms with E-state index in [0.29, 0.717) is 5.56 Å². The fourth-order valence-corrected chi connectivity index (χ4v) is 2.91. The quantitative estimate of drug-likeness (QED) is 0.445. The maximum Gasteiger partial charge on any atom is 0.271 e. The highest BCUT2D eigenvalue weighted by Gasteiger charge is 2.07. The number of aryl methyl sites for hydroxylation is 1. The molecule has 0 aliphatic carbocycles. The fraction of sp³-hybridized carbons (Fsp3) is 0.0909. The lowest BCUT2D eigenvalue weighted by Gasteiger charge is -2.06. The molecular formula is C22H19BrN2O. The predicted octanol–water partition coefficient (Wildman–Crippen LogP) is 5.58. The fourth-order valence-electron chi connectivity index (χ4n) is 2.53. The molecule has 0 saturated heterocycles. The molecule has 26 heavy (non-hydrogen) atoms. The number of carbonyl (C=O) groups is 1. The molecule has 1 amide bonds. The first-order chi connectivity index (χ1) is 12.5. The van der Waals surface area contributed by atoms with Gasteiger partial charge in [0.15, 0.2) is 0 Å². The van der Waals surface area contributed by atoms with Crippen LogP contribution in [-0.2, 0) is 0 Å². The molecule has 130 valence electrons. The largest absolute Gasteiger partial charge is 0.271 e. The standard InChI is InChI=1S/C22H19BrN2O/c1-15-8-9-20(14-21(15)23)22(26)25-24-16(2)17-10-12-19(13-11-17)18-6-4-3-5-7-18/h3-14H,1-2H3,(H,25,26). The number of nitrogens with zero attached hydrogens (tertiary/aromatic N) is 1. The average Bonchev–Trinajstić information content (AvgIpc) is 2.68. The zero-order chi connectivity index (χ0) is 18.5. The minimum absolute atomic E-state index is 0.231. The van der Waals surface area contributed by atoms with Gasteiger partial charge in [0.2, 0.25) is 0 Å². The molecule has 3 nitrogen and oxygen atoms in total. The number of amides is 1. The second-order valence-electron chi connectivity index (χ2n) is 6.05. The van der Waals surface area contributed by atoms with Crippen molar-refractivity contribution in [1.82, 2.24) is 5.43 Å². The number of carbonyl (C=O) groups excluding carboxylic acids is 1. The van der Waals surface area contributed by atoms with Crippen molar-refractivity contribution in [3.8, 4) is 11.1 Å².